The Hall–Kier alpha value is -2.42. The second-order valence-corrected chi connectivity index (χ2v) is 5.23. The Labute approximate surface area is 125 Å². The zero-order valence-electron chi connectivity index (χ0n) is 12.3. The number of Topliss-reactive ketones (excluding diaryl/α,β-unsaturated/α-hetero) is 1. The summed E-state index contributed by atoms with van der Waals surface area (Å²) in [7, 11) is 0. The minimum Gasteiger partial charge on any atom is -0.348 e. The van der Waals surface area contributed by atoms with E-state index in [1.54, 1.807) is 24.3 Å². The van der Waals surface area contributed by atoms with Gasteiger partial charge in [0.25, 0.3) is 5.91 Å². The van der Waals surface area contributed by atoms with Crippen molar-refractivity contribution in [1.29, 1.82) is 0 Å². The molecule has 2 aromatic carbocycles. The maximum atomic E-state index is 12.3. The fraction of sp³-hybridized carbons (Fsp3) is 0.222. The highest BCUT2D eigenvalue weighted by molar-refractivity contribution is 6.08. The number of amides is 1. The molecule has 0 unspecified atom stereocenters. The minimum atomic E-state index is -0.219. The van der Waals surface area contributed by atoms with Gasteiger partial charge in [-0.1, -0.05) is 62.4 Å². The van der Waals surface area contributed by atoms with Crippen LogP contribution in [0.5, 0.6) is 0 Å². The van der Waals surface area contributed by atoms with Crippen molar-refractivity contribution in [3.63, 3.8) is 0 Å². The van der Waals surface area contributed by atoms with E-state index in [0.717, 1.165) is 5.56 Å². The molecule has 21 heavy (non-hydrogen) atoms. The summed E-state index contributed by atoms with van der Waals surface area (Å²) < 4.78 is 0. The molecule has 0 spiro atoms. The van der Waals surface area contributed by atoms with Crippen LogP contribution in [0.1, 0.15) is 40.1 Å². The molecule has 0 aliphatic heterocycles. The van der Waals surface area contributed by atoms with Crippen LogP contribution < -0.4 is 5.32 Å². The van der Waals surface area contributed by atoms with Crippen LogP contribution in [0.25, 0.3) is 0 Å². The monoisotopic (exact) mass is 281 g/mol. The van der Waals surface area contributed by atoms with Crippen molar-refractivity contribution in [3.05, 3.63) is 71.3 Å². The first-order valence-electron chi connectivity index (χ1n) is 7.05. The number of ketones is 1. The second kappa shape index (κ2) is 6.84. The van der Waals surface area contributed by atoms with Crippen molar-refractivity contribution >= 4 is 11.7 Å². The summed E-state index contributed by atoms with van der Waals surface area (Å²) in [6, 6.07) is 16.6. The van der Waals surface area contributed by atoms with Crippen LogP contribution in [-0.4, -0.2) is 11.7 Å². The number of hydrogen-bond acceptors (Lipinski definition) is 2. The third-order valence-corrected chi connectivity index (χ3v) is 3.26. The van der Waals surface area contributed by atoms with Gasteiger partial charge in [-0.15, -0.1) is 0 Å². The third kappa shape index (κ3) is 3.78. The molecule has 0 bridgehead atoms. The van der Waals surface area contributed by atoms with E-state index >= 15 is 0 Å². The molecule has 2 aromatic rings. The molecule has 108 valence electrons. The van der Waals surface area contributed by atoms with Crippen LogP contribution in [0.4, 0.5) is 0 Å². The van der Waals surface area contributed by atoms with E-state index in [4.69, 9.17) is 0 Å². The molecule has 3 heteroatoms. The van der Waals surface area contributed by atoms with Gasteiger partial charge in [0.2, 0.25) is 0 Å². The molecule has 0 radical (unpaired) electrons. The lowest BCUT2D eigenvalue weighted by Crippen LogP contribution is -2.25. The number of benzene rings is 2. The van der Waals surface area contributed by atoms with Gasteiger partial charge in [0, 0.05) is 18.0 Å². The summed E-state index contributed by atoms with van der Waals surface area (Å²) in [5.41, 5.74) is 1.95. The molecule has 0 saturated heterocycles. The van der Waals surface area contributed by atoms with Crippen molar-refractivity contribution in [2.75, 3.05) is 0 Å². The fourth-order valence-corrected chi connectivity index (χ4v) is 2.08. The van der Waals surface area contributed by atoms with Gasteiger partial charge in [-0.05, 0) is 11.6 Å². The van der Waals surface area contributed by atoms with Gasteiger partial charge in [0.15, 0.2) is 5.78 Å². The highest BCUT2D eigenvalue weighted by Crippen LogP contribution is 2.14. The van der Waals surface area contributed by atoms with Gasteiger partial charge in [0.1, 0.15) is 0 Å². The fourth-order valence-electron chi connectivity index (χ4n) is 2.08. The second-order valence-electron chi connectivity index (χ2n) is 5.23. The quantitative estimate of drug-likeness (QED) is 0.853. The number of nitrogens with one attached hydrogen (secondary N) is 1. The number of carbonyl (C=O) groups excluding carboxylic acids is 2. The van der Waals surface area contributed by atoms with Crippen LogP contribution in [0.15, 0.2) is 54.6 Å². The van der Waals surface area contributed by atoms with Gasteiger partial charge in [0.05, 0.1) is 5.56 Å². The van der Waals surface area contributed by atoms with E-state index in [9.17, 15) is 9.59 Å². The predicted molar refractivity (Wildman–Crippen MR) is 83.2 cm³/mol. The third-order valence-electron chi connectivity index (χ3n) is 3.26. The van der Waals surface area contributed by atoms with Crippen molar-refractivity contribution in [2.45, 2.75) is 20.4 Å². The SMILES string of the molecule is CC(C)C(=O)c1ccccc1C(=O)NCc1ccccc1. The molecule has 3 nitrogen and oxygen atoms in total. The standard InChI is InChI=1S/C18H19NO2/c1-13(2)17(20)15-10-6-7-11-16(15)18(21)19-12-14-8-4-3-5-9-14/h3-11,13H,12H2,1-2H3,(H,19,21). The summed E-state index contributed by atoms with van der Waals surface area (Å²) in [5.74, 6) is -0.364. The number of carbonyl (C=O) groups is 2. The van der Waals surface area contributed by atoms with Crippen molar-refractivity contribution < 1.29 is 9.59 Å². The normalized spacial score (nSPS) is 10.4. The highest BCUT2D eigenvalue weighted by atomic mass is 16.2. The highest BCUT2D eigenvalue weighted by Gasteiger charge is 2.18. The van der Waals surface area contributed by atoms with Crippen LogP contribution >= 0.6 is 0 Å². The Morgan fingerprint density at radius 2 is 1.48 bits per heavy atom. The summed E-state index contributed by atoms with van der Waals surface area (Å²) >= 11 is 0. The van der Waals surface area contributed by atoms with E-state index in [0.29, 0.717) is 17.7 Å². The van der Waals surface area contributed by atoms with E-state index < -0.39 is 0 Å². The Bertz CT molecular complexity index is 633. The number of hydrogen-bond donors (Lipinski definition) is 1. The summed E-state index contributed by atoms with van der Waals surface area (Å²) in [4.78, 5) is 24.5. The maximum Gasteiger partial charge on any atom is 0.252 e. The lowest BCUT2D eigenvalue weighted by Gasteiger charge is -2.11. The lowest BCUT2D eigenvalue weighted by atomic mass is 9.96. The molecule has 0 aliphatic carbocycles. The first-order chi connectivity index (χ1) is 10.1. The molecule has 0 fully saturated rings. The van der Waals surface area contributed by atoms with Crippen LogP contribution in [0.2, 0.25) is 0 Å². The first-order valence-corrected chi connectivity index (χ1v) is 7.05. The first kappa shape index (κ1) is 15.0. The zero-order chi connectivity index (χ0) is 15.2. The van der Waals surface area contributed by atoms with Crippen LogP contribution in [0.3, 0.4) is 0 Å². The zero-order valence-corrected chi connectivity index (χ0v) is 12.3. The van der Waals surface area contributed by atoms with Crippen LogP contribution in [0, 0.1) is 5.92 Å². The van der Waals surface area contributed by atoms with Gasteiger partial charge in [-0.25, -0.2) is 0 Å². The smallest absolute Gasteiger partial charge is 0.252 e. The lowest BCUT2D eigenvalue weighted by molar-refractivity contribution is 0.0910. The van der Waals surface area contributed by atoms with E-state index in [1.807, 2.05) is 44.2 Å². The van der Waals surface area contributed by atoms with E-state index in [2.05, 4.69) is 5.32 Å². The number of rotatable bonds is 5. The summed E-state index contributed by atoms with van der Waals surface area (Å²) in [6.45, 7) is 4.12. The molecule has 1 N–H and O–H groups in total. The van der Waals surface area contributed by atoms with Gasteiger partial charge >= 0.3 is 0 Å². The topological polar surface area (TPSA) is 46.2 Å². The van der Waals surface area contributed by atoms with Gasteiger partial charge in [-0.3, -0.25) is 9.59 Å². The Kier molecular flexibility index (Phi) is 4.88. The van der Waals surface area contributed by atoms with E-state index in [-0.39, 0.29) is 17.6 Å². The summed E-state index contributed by atoms with van der Waals surface area (Å²) in [5, 5.41) is 2.86. The Morgan fingerprint density at radius 1 is 0.905 bits per heavy atom. The van der Waals surface area contributed by atoms with Crippen molar-refractivity contribution in [3.8, 4) is 0 Å². The maximum absolute atomic E-state index is 12.3. The Morgan fingerprint density at radius 3 is 2.10 bits per heavy atom. The Balaban J connectivity index is 2.14. The molecule has 0 heterocycles. The minimum absolute atomic E-state index is 0.0135. The molecular weight excluding hydrogens is 262 g/mol. The average Bonchev–Trinajstić information content (AvgIpc) is 2.52. The largest absolute Gasteiger partial charge is 0.348 e. The molecule has 1 amide bonds. The van der Waals surface area contributed by atoms with Crippen LogP contribution in [-0.2, 0) is 6.54 Å². The predicted octanol–water partition coefficient (Wildman–Crippen LogP) is 3.46. The van der Waals surface area contributed by atoms with Gasteiger partial charge < -0.3 is 5.32 Å². The van der Waals surface area contributed by atoms with E-state index in [1.165, 1.54) is 0 Å². The molecule has 0 aromatic heterocycles. The average molecular weight is 281 g/mol. The molecule has 0 atom stereocenters. The molecule has 0 aliphatic rings. The summed E-state index contributed by atoms with van der Waals surface area (Å²) in [6.07, 6.45) is 0. The molecule has 0 saturated carbocycles. The molecule has 2 rings (SSSR count). The van der Waals surface area contributed by atoms with Gasteiger partial charge in [-0.2, -0.15) is 0 Å². The van der Waals surface area contributed by atoms with Crippen molar-refractivity contribution in [2.24, 2.45) is 5.92 Å². The molecular formula is C18H19NO2. The van der Waals surface area contributed by atoms with Crippen molar-refractivity contribution in [1.82, 2.24) is 5.32 Å².